The average Bonchev–Trinajstić information content (AvgIpc) is 2.84. The molecule has 1 atom stereocenters. The van der Waals surface area contributed by atoms with Crippen molar-refractivity contribution in [2.75, 3.05) is 11.4 Å². The van der Waals surface area contributed by atoms with Crippen LogP contribution in [0.2, 0.25) is 0 Å². The molecular weight excluding hydrogens is 298 g/mol. The number of halogens is 1. The Kier molecular flexibility index (Phi) is 3.46. The molecule has 3 rings (SSSR count). The third-order valence-corrected chi connectivity index (χ3v) is 5.41. The van der Waals surface area contributed by atoms with Gasteiger partial charge in [-0.2, -0.15) is 0 Å². The molecule has 1 aromatic carbocycles. The normalized spacial score (nSPS) is 24.5. The van der Waals surface area contributed by atoms with Crippen LogP contribution in [0, 0.1) is 0 Å². The van der Waals surface area contributed by atoms with Crippen LogP contribution >= 0.6 is 15.9 Å². The van der Waals surface area contributed by atoms with Crippen molar-refractivity contribution >= 4 is 21.6 Å². The Hall–Kier alpha value is -0.760. The van der Waals surface area contributed by atoms with Crippen molar-refractivity contribution in [2.24, 2.45) is 0 Å². The first-order valence-electron chi connectivity index (χ1n) is 7.34. The van der Waals surface area contributed by atoms with Crippen molar-refractivity contribution in [1.29, 1.82) is 0 Å². The second kappa shape index (κ2) is 4.97. The zero-order valence-corrected chi connectivity index (χ0v) is 13.2. The first-order chi connectivity index (χ1) is 9.16. The number of hydrogen-bond acceptors (Lipinski definition) is 1. The van der Waals surface area contributed by atoms with Crippen molar-refractivity contribution in [3.05, 3.63) is 40.9 Å². The number of benzene rings is 1. The van der Waals surface area contributed by atoms with Crippen LogP contribution in [0.1, 0.15) is 50.5 Å². The van der Waals surface area contributed by atoms with E-state index in [0.29, 0.717) is 11.5 Å². The fourth-order valence-electron chi connectivity index (χ4n) is 4.14. The molecule has 1 nitrogen and oxygen atoms in total. The molecule has 0 aromatic heterocycles. The Labute approximate surface area is 124 Å². The number of nitrogens with zero attached hydrogens (tertiary/aromatic N) is 1. The highest BCUT2D eigenvalue weighted by Gasteiger charge is 2.44. The minimum atomic E-state index is 0.397. The molecule has 1 saturated carbocycles. The molecule has 1 unspecified atom stereocenters. The number of hydrogen-bond donors (Lipinski definition) is 0. The minimum Gasteiger partial charge on any atom is -0.362 e. The third kappa shape index (κ3) is 2.14. The van der Waals surface area contributed by atoms with Crippen LogP contribution in [-0.4, -0.2) is 12.1 Å². The highest BCUT2D eigenvalue weighted by molar-refractivity contribution is 9.10. The largest absolute Gasteiger partial charge is 0.362 e. The van der Waals surface area contributed by atoms with Crippen LogP contribution in [-0.2, 0) is 0 Å². The summed E-state index contributed by atoms with van der Waals surface area (Å²) >= 11 is 3.61. The van der Waals surface area contributed by atoms with E-state index in [1.54, 1.807) is 0 Å². The maximum atomic E-state index is 3.97. The molecule has 0 radical (unpaired) electrons. The average molecular weight is 320 g/mol. The van der Waals surface area contributed by atoms with Crippen molar-refractivity contribution in [3.63, 3.8) is 0 Å². The first-order valence-corrected chi connectivity index (χ1v) is 8.13. The van der Waals surface area contributed by atoms with Crippen LogP contribution in [0.3, 0.4) is 0 Å². The quantitative estimate of drug-likeness (QED) is 0.672. The highest BCUT2D eigenvalue weighted by Crippen LogP contribution is 2.50. The van der Waals surface area contributed by atoms with Crippen molar-refractivity contribution in [1.82, 2.24) is 0 Å². The summed E-state index contributed by atoms with van der Waals surface area (Å²) in [6, 6.07) is 6.77. The van der Waals surface area contributed by atoms with Crippen LogP contribution < -0.4 is 4.90 Å². The van der Waals surface area contributed by atoms with Crippen LogP contribution in [0.25, 0.3) is 0 Å². The lowest BCUT2D eigenvalue weighted by Crippen LogP contribution is -2.51. The summed E-state index contributed by atoms with van der Waals surface area (Å²) in [7, 11) is 0. The Morgan fingerprint density at radius 3 is 2.84 bits per heavy atom. The Balaban J connectivity index is 2.09. The smallest absolute Gasteiger partial charge is 0.0411 e. The fourth-order valence-corrected chi connectivity index (χ4v) is 4.52. The standard InChI is InChI=1S/C17H22BrN/c1-3-10-19-16-7-6-14(18)11-15(16)13(2)12-17(19)8-4-5-9-17/h3,6-7,11,13H,1,4-5,8-10,12H2,2H3. The zero-order valence-electron chi connectivity index (χ0n) is 11.7. The topological polar surface area (TPSA) is 3.24 Å². The van der Waals surface area contributed by atoms with Crippen LogP contribution in [0.5, 0.6) is 0 Å². The predicted molar refractivity (Wildman–Crippen MR) is 85.9 cm³/mol. The minimum absolute atomic E-state index is 0.397. The van der Waals surface area contributed by atoms with Gasteiger partial charge in [0.1, 0.15) is 0 Å². The lowest BCUT2D eigenvalue weighted by molar-refractivity contribution is 0.334. The van der Waals surface area contributed by atoms with Gasteiger partial charge in [0, 0.05) is 22.2 Å². The van der Waals surface area contributed by atoms with E-state index in [9.17, 15) is 0 Å². The molecule has 2 heteroatoms. The van der Waals surface area contributed by atoms with Crippen LogP contribution in [0.4, 0.5) is 5.69 Å². The second-order valence-electron chi connectivity index (χ2n) is 6.14. The van der Waals surface area contributed by atoms with Gasteiger partial charge >= 0.3 is 0 Å². The summed E-state index contributed by atoms with van der Waals surface area (Å²) in [5.74, 6) is 0.659. The summed E-state index contributed by atoms with van der Waals surface area (Å²) in [6.07, 6.45) is 8.81. The molecule has 1 aliphatic heterocycles. The van der Waals surface area contributed by atoms with Gasteiger partial charge in [-0.05, 0) is 48.9 Å². The molecule has 1 fully saturated rings. The Bertz CT molecular complexity index is 488. The Morgan fingerprint density at radius 2 is 2.16 bits per heavy atom. The second-order valence-corrected chi connectivity index (χ2v) is 7.05. The molecular formula is C17H22BrN. The van der Waals surface area contributed by atoms with Gasteiger partial charge in [-0.1, -0.05) is 41.8 Å². The molecule has 0 N–H and O–H groups in total. The summed E-state index contributed by atoms with van der Waals surface area (Å²) in [5.41, 5.74) is 3.33. The summed E-state index contributed by atoms with van der Waals surface area (Å²) in [4.78, 5) is 2.63. The van der Waals surface area contributed by atoms with Crippen molar-refractivity contribution < 1.29 is 0 Å². The molecule has 2 aliphatic rings. The van der Waals surface area contributed by atoms with E-state index in [-0.39, 0.29) is 0 Å². The third-order valence-electron chi connectivity index (χ3n) is 4.92. The van der Waals surface area contributed by atoms with Gasteiger partial charge in [0.15, 0.2) is 0 Å². The summed E-state index contributed by atoms with van der Waals surface area (Å²) in [5, 5.41) is 0. The summed E-state index contributed by atoms with van der Waals surface area (Å²) in [6.45, 7) is 7.33. The molecule has 1 aromatic rings. The van der Waals surface area contributed by atoms with E-state index >= 15 is 0 Å². The SMILES string of the molecule is C=CCN1c2ccc(Br)cc2C(C)CC12CCCC2. The van der Waals surface area contributed by atoms with Gasteiger partial charge in [0.2, 0.25) is 0 Å². The van der Waals surface area contributed by atoms with Crippen molar-refractivity contribution in [2.45, 2.75) is 50.5 Å². The van der Waals surface area contributed by atoms with Crippen LogP contribution in [0.15, 0.2) is 35.3 Å². The van der Waals surface area contributed by atoms with E-state index in [0.717, 1.165) is 6.54 Å². The fraction of sp³-hybridized carbons (Fsp3) is 0.529. The lowest BCUT2D eigenvalue weighted by Gasteiger charge is -2.49. The van der Waals surface area contributed by atoms with Gasteiger partial charge in [0.25, 0.3) is 0 Å². The van der Waals surface area contributed by atoms with Gasteiger partial charge in [-0.25, -0.2) is 0 Å². The van der Waals surface area contributed by atoms with Gasteiger partial charge in [-0.15, -0.1) is 6.58 Å². The number of anilines is 1. The van der Waals surface area contributed by atoms with Gasteiger partial charge < -0.3 is 4.90 Å². The first kappa shape index (κ1) is 13.2. The van der Waals surface area contributed by atoms with E-state index in [2.05, 4.69) is 58.6 Å². The van der Waals surface area contributed by atoms with Gasteiger partial charge in [0.05, 0.1) is 0 Å². The maximum Gasteiger partial charge on any atom is 0.0411 e. The molecule has 0 amide bonds. The van der Waals surface area contributed by atoms with E-state index in [4.69, 9.17) is 0 Å². The Morgan fingerprint density at radius 1 is 1.42 bits per heavy atom. The van der Waals surface area contributed by atoms with E-state index in [1.807, 2.05) is 0 Å². The van der Waals surface area contributed by atoms with E-state index < -0.39 is 0 Å². The van der Waals surface area contributed by atoms with E-state index in [1.165, 1.54) is 47.8 Å². The number of fused-ring (bicyclic) bond motifs is 1. The molecule has 1 aliphatic carbocycles. The summed E-state index contributed by atoms with van der Waals surface area (Å²) < 4.78 is 1.19. The van der Waals surface area contributed by atoms with Crippen molar-refractivity contribution in [3.8, 4) is 0 Å². The van der Waals surface area contributed by atoms with Gasteiger partial charge in [-0.3, -0.25) is 0 Å². The molecule has 1 heterocycles. The monoisotopic (exact) mass is 319 g/mol. The predicted octanol–water partition coefficient (Wildman–Crippen LogP) is 5.26. The molecule has 0 bridgehead atoms. The lowest BCUT2D eigenvalue weighted by atomic mass is 9.77. The highest BCUT2D eigenvalue weighted by atomic mass is 79.9. The molecule has 19 heavy (non-hydrogen) atoms. The maximum absolute atomic E-state index is 3.97. The molecule has 102 valence electrons. The molecule has 0 saturated heterocycles. The number of rotatable bonds is 2. The zero-order chi connectivity index (χ0) is 13.5. The molecule has 1 spiro atoms.